The Balaban J connectivity index is 2.01. The fraction of sp³-hybridized carbons (Fsp3) is 0.176. The van der Waals surface area contributed by atoms with Gasteiger partial charge >= 0.3 is 0 Å². The van der Waals surface area contributed by atoms with Gasteiger partial charge in [0.1, 0.15) is 17.4 Å². The summed E-state index contributed by atoms with van der Waals surface area (Å²) in [5.74, 6) is -2.35. The van der Waals surface area contributed by atoms with E-state index in [9.17, 15) is 18.4 Å². The zero-order chi connectivity index (χ0) is 17.3. The third-order valence-electron chi connectivity index (χ3n) is 3.67. The molecule has 7 heteroatoms. The Morgan fingerprint density at radius 1 is 1.17 bits per heavy atom. The van der Waals surface area contributed by atoms with Crippen molar-refractivity contribution in [3.05, 3.63) is 59.7 Å². The Hall–Kier alpha value is -2.96. The fourth-order valence-corrected chi connectivity index (χ4v) is 2.56. The van der Waals surface area contributed by atoms with E-state index in [1.54, 1.807) is 24.3 Å². The monoisotopic (exact) mass is 332 g/mol. The van der Waals surface area contributed by atoms with Gasteiger partial charge in [0, 0.05) is 18.7 Å². The number of nitrogens with zero attached hydrogens (tertiary/aromatic N) is 1. The summed E-state index contributed by atoms with van der Waals surface area (Å²) in [4.78, 5) is 25.9. The SMILES string of the molecule is CNC(=O)[C@H]1CN(C(=O)c2cc(F)cc(F)c2)c2ccccc2O1. The van der Waals surface area contributed by atoms with Crippen molar-refractivity contribution in [1.82, 2.24) is 5.32 Å². The van der Waals surface area contributed by atoms with Crippen LogP contribution < -0.4 is 15.0 Å². The standard InChI is InChI=1S/C17H14F2N2O3/c1-20-16(22)15-9-21(13-4-2-3-5-14(13)24-15)17(23)10-6-11(18)8-12(19)7-10/h2-8,15H,9H2,1H3,(H,20,22)/t15-/m1/s1. The van der Waals surface area contributed by atoms with Crippen LogP contribution in [0.2, 0.25) is 0 Å². The highest BCUT2D eigenvalue weighted by molar-refractivity contribution is 6.07. The smallest absolute Gasteiger partial charge is 0.262 e. The molecule has 0 fully saturated rings. The first-order chi connectivity index (χ1) is 11.5. The number of fused-ring (bicyclic) bond motifs is 1. The highest BCUT2D eigenvalue weighted by atomic mass is 19.1. The van der Waals surface area contributed by atoms with Crippen molar-refractivity contribution in [2.75, 3.05) is 18.5 Å². The number of likely N-dealkylation sites (N-methyl/N-ethyl adjacent to an activating group) is 1. The van der Waals surface area contributed by atoms with Crippen LogP contribution in [-0.2, 0) is 4.79 Å². The lowest BCUT2D eigenvalue weighted by Crippen LogP contribution is -2.50. The van der Waals surface area contributed by atoms with E-state index in [1.165, 1.54) is 11.9 Å². The number of halogens is 2. The topological polar surface area (TPSA) is 58.6 Å². The molecule has 24 heavy (non-hydrogen) atoms. The van der Waals surface area contributed by atoms with Crippen LogP contribution in [0.1, 0.15) is 10.4 Å². The average Bonchev–Trinajstić information content (AvgIpc) is 2.58. The maximum Gasteiger partial charge on any atom is 0.262 e. The molecule has 0 aromatic heterocycles. The summed E-state index contributed by atoms with van der Waals surface area (Å²) in [6.45, 7) is -0.0619. The van der Waals surface area contributed by atoms with Gasteiger partial charge in [-0.3, -0.25) is 9.59 Å². The molecule has 2 aromatic carbocycles. The first-order valence-corrected chi connectivity index (χ1v) is 7.25. The first kappa shape index (κ1) is 15.9. The van der Waals surface area contributed by atoms with Crippen molar-refractivity contribution in [2.45, 2.75) is 6.10 Å². The number of anilines is 1. The summed E-state index contributed by atoms with van der Waals surface area (Å²) >= 11 is 0. The van der Waals surface area contributed by atoms with Crippen LogP contribution in [0, 0.1) is 11.6 Å². The highest BCUT2D eigenvalue weighted by Crippen LogP contribution is 2.34. The number of nitrogens with one attached hydrogen (secondary N) is 1. The lowest BCUT2D eigenvalue weighted by atomic mass is 10.1. The van der Waals surface area contributed by atoms with Gasteiger partial charge in [0.15, 0.2) is 6.10 Å². The Labute approximate surface area is 136 Å². The summed E-state index contributed by atoms with van der Waals surface area (Å²) in [7, 11) is 1.46. The minimum atomic E-state index is -0.910. The molecule has 0 spiro atoms. The largest absolute Gasteiger partial charge is 0.477 e. The zero-order valence-corrected chi connectivity index (χ0v) is 12.8. The van der Waals surface area contributed by atoms with Gasteiger partial charge < -0.3 is 15.0 Å². The third kappa shape index (κ3) is 2.92. The molecule has 1 aliphatic heterocycles. The van der Waals surface area contributed by atoms with Gasteiger partial charge in [-0.05, 0) is 24.3 Å². The molecule has 0 aliphatic carbocycles. The van der Waals surface area contributed by atoms with Crippen LogP contribution in [-0.4, -0.2) is 31.5 Å². The summed E-state index contributed by atoms with van der Waals surface area (Å²) in [5, 5.41) is 2.46. The van der Waals surface area contributed by atoms with Crippen LogP contribution in [0.15, 0.2) is 42.5 Å². The van der Waals surface area contributed by atoms with E-state index >= 15 is 0 Å². The number of carbonyl (C=O) groups is 2. The molecule has 5 nitrogen and oxygen atoms in total. The number of hydrogen-bond donors (Lipinski definition) is 1. The van der Waals surface area contributed by atoms with Crippen molar-refractivity contribution in [3.63, 3.8) is 0 Å². The number of benzene rings is 2. The van der Waals surface area contributed by atoms with E-state index in [2.05, 4.69) is 5.32 Å². The summed E-state index contributed by atoms with van der Waals surface area (Å²) in [6, 6.07) is 9.28. The summed E-state index contributed by atoms with van der Waals surface area (Å²) < 4.78 is 32.4. The molecule has 1 heterocycles. The normalized spacial score (nSPS) is 16.1. The summed E-state index contributed by atoms with van der Waals surface area (Å²) in [5.41, 5.74) is 0.298. The number of para-hydroxylation sites is 2. The Bertz CT molecular complexity index is 790. The number of ether oxygens (including phenoxy) is 1. The summed E-state index contributed by atoms with van der Waals surface area (Å²) in [6.07, 6.45) is -0.910. The molecule has 0 saturated carbocycles. The van der Waals surface area contributed by atoms with Gasteiger partial charge in [0.2, 0.25) is 0 Å². The molecule has 0 saturated heterocycles. The highest BCUT2D eigenvalue weighted by Gasteiger charge is 2.33. The van der Waals surface area contributed by atoms with Gasteiger partial charge in [0.25, 0.3) is 11.8 Å². The van der Waals surface area contributed by atoms with Crippen LogP contribution >= 0.6 is 0 Å². The number of hydrogen-bond acceptors (Lipinski definition) is 3. The second kappa shape index (κ2) is 6.27. The predicted octanol–water partition coefficient (Wildman–Crippen LogP) is 2.12. The molecule has 2 amide bonds. The Kier molecular flexibility index (Phi) is 4.16. The lowest BCUT2D eigenvalue weighted by molar-refractivity contribution is -0.127. The molecule has 1 aliphatic rings. The molecule has 3 rings (SSSR count). The molecular weight excluding hydrogens is 318 g/mol. The average molecular weight is 332 g/mol. The molecule has 1 N–H and O–H groups in total. The van der Waals surface area contributed by atoms with E-state index in [1.807, 2.05) is 0 Å². The van der Waals surface area contributed by atoms with Crippen LogP contribution in [0.4, 0.5) is 14.5 Å². The second-order valence-corrected chi connectivity index (χ2v) is 5.26. The quantitative estimate of drug-likeness (QED) is 0.916. The number of carbonyl (C=O) groups excluding carboxylic acids is 2. The van der Waals surface area contributed by atoms with Crippen molar-refractivity contribution in [3.8, 4) is 5.75 Å². The van der Waals surface area contributed by atoms with Crippen molar-refractivity contribution in [1.29, 1.82) is 0 Å². The lowest BCUT2D eigenvalue weighted by Gasteiger charge is -2.34. The van der Waals surface area contributed by atoms with E-state index in [-0.39, 0.29) is 12.1 Å². The predicted molar refractivity (Wildman–Crippen MR) is 83.0 cm³/mol. The molecule has 0 unspecified atom stereocenters. The van der Waals surface area contributed by atoms with Crippen molar-refractivity contribution < 1.29 is 23.1 Å². The fourth-order valence-electron chi connectivity index (χ4n) is 2.56. The molecular formula is C17H14F2N2O3. The third-order valence-corrected chi connectivity index (χ3v) is 3.67. The zero-order valence-electron chi connectivity index (χ0n) is 12.8. The Morgan fingerprint density at radius 2 is 1.83 bits per heavy atom. The molecule has 124 valence electrons. The van der Waals surface area contributed by atoms with Gasteiger partial charge in [-0.25, -0.2) is 8.78 Å². The minimum Gasteiger partial charge on any atom is -0.477 e. The van der Waals surface area contributed by atoms with E-state index < -0.39 is 29.6 Å². The first-order valence-electron chi connectivity index (χ1n) is 7.25. The number of rotatable bonds is 2. The van der Waals surface area contributed by atoms with Crippen molar-refractivity contribution >= 4 is 17.5 Å². The maximum absolute atomic E-state index is 13.4. The molecule has 2 aromatic rings. The molecule has 1 atom stereocenters. The molecule has 0 radical (unpaired) electrons. The van der Waals surface area contributed by atoms with Crippen molar-refractivity contribution in [2.24, 2.45) is 0 Å². The van der Waals surface area contributed by atoms with E-state index in [0.717, 1.165) is 12.1 Å². The van der Waals surface area contributed by atoms with Crippen LogP contribution in [0.25, 0.3) is 0 Å². The molecule has 0 bridgehead atoms. The van der Waals surface area contributed by atoms with Gasteiger partial charge in [-0.1, -0.05) is 12.1 Å². The van der Waals surface area contributed by atoms with Crippen LogP contribution in [0.3, 0.4) is 0 Å². The number of amides is 2. The van der Waals surface area contributed by atoms with Crippen LogP contribution in [0.5, 0.6) is 5.75 Å². The van der Waals surface area contributed by atoms with Gasteiger partial charge in [0.05, 0.1) is 12.2 Å². The minimum absolute atomic E-state index is 0.0619. The van der Waals surface area contributed by atoms with Gasteiger partial charge in [-0.2, -0.15) is 0 Å². The van der Waals surface area contributed by atoms with Gasteiger partial charge in [-0.15, -0.1) is 0 Å². The maximum atomic E-state index is 13.4. The second-order valence-electron chi connectivity index (χ2n) is 5.26. The Morgan fingerprint density at radius 3 is 2.50 bits per heavy atom. The van der Waals surface area contributed by atoms with E-state index in [4.69, 9.17) is 4.74 Å². The van der Waals surface area contributed by atoms with E-state index in [0.29, 0.717) is 17.5 Å².